The third kappa shape index (κ3) is 3.71. The molecule has 5 nitrogen and oxygen atoms in total. The fourth-order valence-electron chi connectivity index (χ4n) is 1.91. The van der Waals surface area contributed by atoms with E-state index in [2.05, 4.69) is 52.4 Å². The van der Waals surface area contributed by atoms with Crippen molar-refractivity contribution < 1.29 is 9.53 Å². The maximum absolute atomic E-state index is 11.0. The Morgan fingerprint density at radius 1 is 1.10 bits per heavy atom. The highest BCUT2D eigenvalue weighted by molar-refractivity contribution is 5.83. The van der Waals surface area contributed by atoms with Crippen molar-refractivity contribution in [2.75, 3.05) is 17.7 Å². The molecule has 0 atom stereocenters. The summed E-state index contributed by atoms with van der Waals surface area (Å²) in [6.45, 7) is 4.11. The van der Waals surface area contributed by atoms with Crippen molar-refractivity contribution in [2.45, 2.75) is 13.8 Å². The van der Waals surface area contributed by atoms with Gasteiger partial charge in [0.15, 0.2) is 0 Å². The van der Waals surface area contributed by atoms with Crippen LogP contribution >= 0.6 is 0 Å². The summed E-state index contributed by atoms with van der Waals surface area (Å²) in [5.41, 5.74) is 4.26. The number of aromatic nitrogens is 1. The minimum atomic E-state index is -0.535. The zero-order valence-corrected chi connectivity index (χ0v) is 11.7. The summed E-state index contributed by atoms with van der Waals surface area (Å²) in [6.07, 6.45) is 1.12. The number of rotatable bonds is 3. The van der Waals surface area contributed by atoms with Gasteiger partial charge in [-0.15, -0.1) is 0 Å². The van der Waals surface area contributed by atoms with Gasteiger partial charge in [-0.25, -0.2) is 9.78 Å². The number of carbonyl (C=O) groups is 1. The van der Waals surface area contributed by atoms with Crippen LogP contribution in [0, 0.1) is 13.8 Å². The second kappa shape index (κ2) is 6.06. The zero-order chi connectivity index (χ0) is 14.5. The SMILES string of the molecule is COC(=O)Nc1ccc(Nc2cc(C)cc(C)c2)cn1. The van der Waals surface area contributed by atoms with Crippen LogP contribution < -0.4 is 10.6 Å². The predicted octanol–water partition coefficient (Wildman–Crippen LogP) is 3.62. The van der Waals surface area contributed by atoms with Crippen molar-refractivity contribution >= 4 is 23.3 Å². The lowest BCUT2D eigenvalue weighted by Crippen LogP contribution is -2.11. The van der Waals surface area contributed by atoms with Gasteiger partial charge in [0.1, 0.15) is 5.82 Å². The van der Waals surface area contributed by atoms with Gasteiger partial charge in [-0.1, -0.05) is 6.07 Å². The van der Waals surface area contributed by atoms with E-state index in [0.29, 0.717) is 5.82 Å². The molecule has 1 heterocycles. The molecule has 0 aliphatic heterocycles. The zero-order valence-electron chi connectivity index (χ0n) is 11.7. The fraction of sp³-hybridized carbons (Fsp3) is 0.200. The highest BCUT2D eigenvalue weighted by atomic mass is 16.5. The normalized spacial score (nSPS) is 9.95. The lowest BCUT2D eigenvalue weighted by atomic mass is 10.1. The molecule has 1 amide bonds. The molecule has 5 heteroatoms. The van der Waals surface area contributed by atoms with Crippen LogP contribution in [-0.4, -0.2) is 18.2 Å². The Bertz CT molecular complexity index is 589. The van der Waals surface area contributed by atoms with Gasteiger partial charge in [-0.2, -0.15) is 0 Å². The first-order valence-electron chi connectivity index (χ1n) is 6.23. The molecular weight excluding hydrogens is 254 g/mol. The Kier molecular flexibility index (Phi) is 4.20. The average molecular weight is 271 g/mol. The lowest BCUT2D eigenvalue weighted by Gasteiger charge is -2.09. The molecule has 0 unspecified atom stereocenters. The van der Waals surface area contributed by atoms with E-state index in [1.807, 2.05) is 6.07 Å². The second-order valence-corrected chi connectivity index (χ2v) is 4.55. The summed E-state index contributed by atoms with van der Waals surface area (Å²) >= 11 is 0. The molecule has 20 heavy (non-hydrogen) atoms. The smallest absolute Gasteiger partial charge is 0.412 e. The third-order valence-electron chi connectivity index (χ3n) is 2.69. The molecule has 0 saturated heterocycles. The van der Waals surface area contributed by atoms with Gasteiger partial charge < -0.3 is 10.1 Å². The number of methoxy groups -OCH3 is 1. The summed E-state index contributed by atoms with van der Waals surface area (Å²) < 4.78 is 4.50. The molecular formula is C15H17N3O2. The quantitative estimate of drug-likeness (QED) is 0.895. The van der Waals surface area contributed by atoms with Crippen LogP contribution in [0.25, 0.3) is 0 Å². The number of nitrogens with one attached hydrogen (secondary N) is 2. The number of nitrogens with zero attached hydrogens (tertiary/aromatic N) is 1. The number of hydrogen-bond acceptors (Lipinski definition) is 4. The molecule has 0 saturated carbocycles. The van der Waals surface area contributed by atoms with Gasteiger partial charge in [-0.05, 0) is 49.2 Å². The monoisotopic (exact) mass is 271 g/mol. The average Bonchev–Trinajstić information content (AvgIpc) is 2.39. The largest absolute Gasteiger partial charge is 0.453 e. The summed E-state index contributed by atoms with van der Waals surface area (Å²) in [7, 11) is 1.31. The van der Waals surface area contributed by atoms with E-state index in [9.17, 15) is 4.79 Å². The van der Waals surface area contributed by atoms with E-state index in [4.69, 9.17) is 0 Å². The van der Waals surface area contributed by atoms with Gasteiger partial charge in [0.25, 0.3) is 0 Å². The number of pyridine rings is 1. The van der Waals surface area contributed by atoms with Crippen molar-refractivity contribution in [3.63, 3.8) is 0 Å². The molecule has 0 aliphatic carbocycles. The number of carbonyl (C=O) groups excluding carboxylic acids is 1. The molecule has 0 aliphatic rings. The first-order valence-corrected chi connectivity index (χ1v) is 6.23. The van der Waals surface area contributed by atoms with E-state index in [0.717, 1.165) is 11.4 Å². The van der Waals surface area contributed by atoms with Crippen LogP contribution in [-0.2, 0) is 4.74 Å². The molecule has 104 valence electrons. The number of hydrogen-bond donors (Lipinski definition) is 2. The van der Waals surface area contributed by atoms with Crippen LogP contribution in [0.15, 0.2) is 36.5 Å². The molecule has 0 bridgehead atoms. The van der Waals surface area contributed by atoms with E-state index in [-0.39, 0.29) is 0 Å². The number of aryl methyl sites for hydroxylation is 2. The molecule has 0 radical (unpaired) electrons. The Morgan fingerprint density at radius 2 is 1.80 bits per heavy atom. The molecule has 1 aromatic heterocycles. The summed E-state index contributed by atoms with van der Waals surface area (Å²) in [4.78, 5) is 15.2. The predicted molar refractivity (Wildman–Crippen MR) is 79.5 cm³/mol. The van der Waals surface area contributed by atoms with Gasteiger partial charge in [0, 0.05) is 5.69 Å². The Balaban J connectivity index is 2.08. The molecule has 2 aromatic rings. The van der Waals surface area contributed by atoms with Gasteiger partial charge in [0.05, 0.1) is 19.0 Å². The standard InChI is InChI=1S/C15H17N3O2/c1-10-6-11(2)8-13(7-10)17-12-4-5-14(16-9-12)18-15(19)20-3/h4-9,17H,1-3H3,(H,16,18,19). The van der Waals surface area contributed by atoms with Gasteiger partial charge in [0.2, 0.25) is 0 Å². The van der Waals surface area contributed by atoms with Crippen molar-refractivity contribution in [1.29, 1.82) is 0 Å². The molecule has 2 N–H and O–H groups in total. The Labute approximate surface area is 118 Å². The summed E-state index contributed by atoms with van der Waals surface area (Å²) in [5.74, 6) is 0.447. The minimum Gasteiger partial charge on any atom is -0.453 e. The van der Waals surface area contributed by atoms with Crippen LogP contribution in [0.4, 0.5) is 22.0 Å². The maximum atomic E-state index is 11.0. The van der Waals surface area contributed by atoms with Crippen LogP contribution in [0.2, 0.25) is 0 Å². The first kappa shape index (κ1) is 13.9. The number of amides is 1. The second-order valence-electron chi connectivity index (χ2n) is 4.55. The van der Waals surface area contributed by atoms with Crippen LogP contribution in [0.5, 0.6) is 0 Å². The fourth-order valence-corrected chi connectivity index (χ4v) is 1.91. The molecule has 1 aromatic carbocycles. The number of benzene rings is 1. The third-order valence-corrected chi connectivity index (χ3v) is 2.69. The van der Waals surface area contributed by atoms with E-state index in [1.165, 1.54) is 18.2 Å². The maximum Gasteiger partial charge on any atom is 0.412 e. The minimum absolute atomic E-state index is 0.447. The van der Waals surface area contributed by atoms with E-state index >= 15 is 0 Å². The van der Waals surface area contributed by atoms with Crippen molar-refractivity contribution in [1.82, 2.24) is 4.98 Å². The van der Waals surface area contributed by atoms with Crippen LogP contribution in [0.1, 0.15) is 11.1 Å². The molecule has 0 spiro atoms. The van der Waals surface area contributed by atoms with Crippen molar-refractivity contribution in [2.24, 2.45) is 0 Å². The van der Waals surface area contributed by atoms with Crippen molar-refractivity contribution in [3.05, 3.63) is 47.7 Å². The molecule has 0 fully saturated rings. The van der Waals surface area contributed by atoms with Gasteiger partial charge in [-0.3, -0.25) is 5.32 Å². The Hall–Kier alpha value is -2.56. The number of anilines is 3. The first-order chi connectivity index (χ1) is 9.56. The Morgan fingerprint density at radius 3 is 2.35 bits per heavy atom. The highest BCUT2D eigenvalue weighted by Gasteiger charge is 2.02. The highest BCUT2D eigenvalue weighted by Crippen LogP contribution is 2.19. The topological polar surface area (TPSA) is 63.2 Å². The number of ether oxygens (including phenoxy) is 1. The van der Waals surface area contributed by atoms with Crippen molar-refractivity contribution in [3.8, 4) is 0 Å². The summed E-state index contributed by atoms with van der Waals surface area (Å²) in [6, 6.07) is 9.80. The van der Waals surface area contributed by atoms with E-state index < -0.39 is 6.09 Å². The summed E-state index contributed by atoms with van der Waals surface area (Å²) in [5, 5.41) is 5.77. The van der Waals surface area contributed by atoms with Crippen LogP contribution in [0.3, 0.4) is 0 Å². The lowest BCUT2D eigenvalue weighted by molar-refractivity contribution is 0.187. The van der Waals surface area contributed by atoms with E-state index in [1.54, 1.807) is 12.3 Å². The van der Waals surface area contributed by atoms with Gasteiger partial charge >= 0.3 is 6.09 Å². The molecule has 2 rings (SSSR count).